The number of amides is 2. The predicted octanol–water partition coefficient (Wildman–Crippen LogP) is 2.45. The van der Waals surface area contributed by atoms with Crippen LogP contribution in [0, 0.1) is 0 Å². The third-order valence-electron chi connectivity index (χ3n) is 4.77. The number of likely N-dealkylation sites (N-methyl/N-ethyl adjacent to an activating group) is 1. The molecule has 0 spiro atoms. The zero-order valence-electron chi connectivity index (χ0n) is 15.3. The first kappa shape index (κ1) is 18.1. The van der Waals surface area contributed by atoms with Gasteiger partial charge in [0.1, 0.15) is 0 Å². The van der Waals surface area contributed by atoms with Gasteiger partial charge in [0.05, 0.1) is 6.04 Å². The molecular formula is C21H25N3O2. The monoisotopic (exact) mass is 351 g/mol. The lowest BCUT2D eigenvalue weighted by molar-refractivity contribution is -0.119. The maximum Gasteiger partial charge on any atom is 0.254 e. The number of benzene rings is 2. The highest BCUT2D eigenvalue weighted by molar-refractivity contribution is 5.94. The summed E-state index contributed by atoms with van der Waals surface area (Å²) in [5, 5.41) is 2.77. The molecule has 0 bridgehead atoms. The van der Waals surface area contributed by atoms with E-state index >= 15 is 0 Å². The second-order valence-electron chi connectivity index (χ2n) is 6.79. The molecule has 2 aromatic rings. The van der Waals surface area contributed by atoms with Crippen LogP contribution in [0.4, 0.5) is 0 Å². The van der Waals surface area contributed by atoms with Gasteiger partial charge in [-0.25, -0.2) is 0 Å². The summed E-state index contributed by atoms with van der Waals surface area (Å²) >= 11 is 0. The van der Waals surface area contributed by atoms with Gasteiger partial charge in [0.2, 0.25) is 5.91 Å². The quantitative estimate of drug-likeness (QED) is 0.921. The molecule has 0 aliphatic carbocycles. The lowest BCUT2D eigenvalue weighted by atomic mass is 10.0. The topological polar surface area (TPSA) is 52.7 Å². The molecule has 1 fully saturated rings. The van der Waals surface area contributed by atoms with Gasteiger partial charge in [-0.1, -0.05) is 42.5 Å². The van der Waals surface area contributed by atoms with Crippen LogP contribution in [-0.2, 0) is 11.3 Å². The molecule has 1 atom stereocenters. The fourth-order valence-electron chi connectivity index (χ4n) is 3.28. The van der Waals surface area contributed by atoms with Gasteiger partial charge in [-0.2, -0.15) is 0 Å². The molecular weight excluding hydrogens is 326 g/mol. The summed E-state index contributed by atoms with van der Waals surface area (Å²) in [7, 11) is 2.09. The van der Waals surface area contributed by atoms with E-state index in [9.17, 15) is 9.59 Å². The van der Waals surface area contributed by atoms with Crippen molar-refractivity contribution < 1.29 is 9.59 Å². The molecule has 1 saturated heterocycles. The molecule has 0 radical (unpaired) electrons. The summed E-state index contributed by atoms with van der Waals surface area (Å²) < 4.78 is 0. The van der Waals surface area contributed by atoms with Gasteiger partial charge in [-0.3, -0.25) is 9.59 Å². The average Bonchev–Trinajstić information content (AvgIpc) is 2.67. The van der Waals surface area contributed by atoms with Crippen molar-refractivity contribution in [3.8, 4) is 0 Å². The Morgan fingerprint density at radius 1 is 1.04 bits per heavy atom. The fraction of sp³-hybridized carbons (Fsp3) is 0.333. The Hall–Kier alpha value is -2.66. The zero-order chi connectivity index (χ0) is 18.5. The Morgan fingerprint density at radius 2 is 1.73 bits per heavy atom. The van der Waals surface area contributed by atoms with E-state index in [0.29, 0.717) is 18.7 Å². The second-order valence-corrected chi connectivity index (χ2v) is 6.79. The normalized spacial score (nSPS) is 17.8. The second kappa shape index (κ2) is 8.15. The SMILES string of the molecule is CC(=O)NCc1ccc(C(=O)N2CCN(C)CC2c2ccccc2)cc1. The van der Waals surface area contributed by atoms with E-state index in [4.69, 9.17) is 0 Å². The number of nitrogens with zero attached hydrogens (tertiary/aromatic N) is 2. The highest BCUT2D eigenvalue weighted by atomic mass is 16.2. The molecule has 1 N–H and O–H groups in total. The van der Waals surface area contributed by atoms with E-state index < -0.39 is 0 Å². The van der Waals surface area contributed by atoms with Gasteiger partial charge in [-0.05, 0) is 30.3 Å². The highest BCUT2D eigenvalue weighted by Gasteiger charge is 2.30. The van der Waals surface area contributed by atoms with Crippen molar-refractivity contribution in [2.45, 2.75) is 19.5 Å². The molecule has 26 heavy (non-hydrogen) atoms. The largest absolute Gasteiger partial charge is 0.352 e. The lowest BCUT2D eigenvalue weighted by Crippen LogP contribution is -2.49. The molecule has 1 heterocycles. The van der Waals surface area contributed by atoms with Gasteiger partial charge < -0.3 is 15.1 Å². The first-order chi connectivity index (χ1) is 12.5. The van der Waals surface area contributed by atoms with Crippen LogP contribution in [-0.4, -0.2) is 48.3 Å². The standard InChI is InChI=1S/C21H25N3O2/c1-16(25)22-14-17-8-10-19(11-9-17)21(26)24-13-12-23(2)15-20(24)18-6-4-3-5-7-18/h3-11,20H,12-15H2,1-2H3,(H,22,25). The van der Waals surface area contributed by atoms with Crippen LogP contribution in [0.1, 0.15) is 34.5 Å². The van der Waals surface area contributed by atoms with Crippen molar-refractivity contribution in [2.24, 2.45) is 0 Å². The van der Waals surface area contributed by atoms with E-state index in [0.717, 1.165) is 24.2 Å². The molecule has 2 amide bonds. The Kier molecular flexibility index (Phi) is 5.68. The number of rotatable bonds is 4. The lowest BCUT2D eigenvalue weighted by Gasteiger charge is -2.40. The van der Waals surface area contributed by atoms with Crippen molar-refractivity contribution in [3.63, 3.8) is 0 Å². The summed E-state index contributed by atoms with van der Waals surface area (Å²) in [5.74, 6) is -0.00803. The van der Waals surface area contributed by atoms with E-state index in [1.54, 1.807) is 0 Å². The molecule has 0 aromatic heterocycles. The minimum atomic E-state index is -0.0618. The van der Waals surface area contributed by atoms with Crippen LogP contribution in [0.3, 0.4) is 0 Å². The van der Waals surface area contributed by atoms with Crippen molar-refractivity contribution in [3.05, 3.63) is 71.3 Å². The van der Waals surface area contributed by atoms with Gasteiger partial charge in [0.15, 0.2) is 0 Å². The Balaban J connectivity index is 1.77. The summed E-state index contributed by atoms with van der Waals surface area (Å²) in [6.45, 7) is 4.38. The molecule has 1 aliphatic heterocycles. The number of nitrogens with one attached hydrogen (secondary N) is 1. The van der Waals surface area contributed by atoms with Crippen LogP contribution < -0.4 is 5.32 Å². The molecule has 5 heteroatoms. The van der Waals surface area contributed by atoms with Crippen LogP contribution in [0.2, 0.25) is 0 Å². The maximum atomic E-state index is 13.1. The minimum absolute atomic E-state index is 0.0537. The number of hydrogen-bond donors (Lipinski definition) is 1. The third-order valence-corrected chi connectivity index (χ3v) is 4.77. The van der Waals surface area contributed by atoms with Crippen molar-refractivity contribution >= 4 is 11.8 Å². The maximum absolute atomic E-state index is 13.1. The number of piperazine rings is 1. The highest BCUT2D eigenvalue weighted by Crippen LogP contribution is 2.26. The molecule has 5 nitrogen and oxygen atoms in total. The molecule has 1 unspecified atom stereocenters. The Morgan fingerprint density at radius 3 is 2.38 bits per heavy atom. The van der Waals surface area contributed by atoms with Crippen molar-refractivity contribution in [1.29, 1.82) is 0 Å². The van der Waals surface area contributed by atoms with Crippen molar-refractivity contribution in [2.75, 3.05) is 26.7 Å². The van der Waals surface area contributed by atoms with Crippen LogP contribution in [0.25, 0.3) is 0 Å². The molecule has 3 rings (SSSR count). The van der Waals surface area contributed by atoms with E-state index in [1.165, 1.54) is 6.92 Å². The smallest absolute Gasteiger partial charge is 0.254 e. The first-order valence-electron chi connectivity index (χ1n) is 8.92. The molecule has 2 aromatic carbocycles. The zero-order valence-corrected chi connectivity index (χ0v) is 15.3. The summed E-state index contributed by atoms with van der Waals surface area (Å²) in [5.41, 5.74) is 2.83. The first-order valence-corrected chi connectivity index (χ1v) is 8.92. The van der Waals surface area contributed by atoms with Crippen LogP contribution in [0.15, 0.2) is 54.6 Å². The Bertz CT molecular complexity index is 759. The van der Waals surface area contributed by atoms with Crippen molar-refractivity contribution in [1.82, 2.24) is 15.1 Å². The predicted molar refractivity (Wildman–Crippen MR) is 102 cm³/mol. The Labute approximate surface area is 154 Å². The summed E-state index contributed by atoms with van der Waals surface area (Å²) in [4.78, 5) is 28.4. The minimum Gasteiger partial charge on any atom is -0.352 e. The molecule has 136 valence electrons. The molecule has 0 saturated carbocycles. The van der Waals surface area contributed by atoms with E-state index in [-0.39, 0.29) is 17.9 Å². The van der Waals surface area contributed by atoms with E-state index in [2.05, 4.69) is 29.4 Å². The van der Waals surface area contributed by atoms with Gasteiger partial charge in [-0.15, -0.1) is 0 Å². The number of hydrogen-bond acceptors (Lipinski definition) is 3. The number of carbonyl (C=O) groups is 2. The third kappa shape index (κ3) is 4.29. The van der Waals surface area contributed by atoms with Crippen LogP contribution in [0.5, 0.6) is 0 Å². The van der Waals surface area contributed by atoms with Gasteiger partial charge >= 0.3 is 0 Å². The number of carbonyl (C=O) groups excluding carboxylic acids is 2. The van der Waals surface area contributed by atoms with E-state index in [1.807, 2.05) is 47.4 Å². The fourth-order valence-corrected chi connectivity index (χ4v) is 3.28. The summed E-state index contributed by atoms with van der Waals surface area (Å²) in [6, 6.07) is 17.7. The summed E-state index contributed by atoms with van der Waals surface area (Å²) in [6.07, 6.45) is 0. The van der Waals surface area contributed by atoms with Gasteiger partial charge in [0.25, 0.3) is 5.91 Å². The van der Waals surface area contributed by atoms with Crippen LogP contribution >= 0.6 is 0 Å². The van der Waals surface area contributed by atoms with Gasteiger partial charge in [0, 0.05) is 38.7 Å². The molecule has 1 aliphatic rings. The average molecular weight is 351 g/mol.